The van der Waals surface area contributed by atoms with Gasteiger partial charge in [0, 0.05) is 0 Å². The molecule has 0 aliphatic heterocycles. The molecule has 0 aromatic rings. The molecule has 4 nitrogen and oxygen atoms in total. The summed E-state index contributed by atoms with van der Waals surface area (Å²) in [5.41, 5.74) is 1.30. The number of hydrogen-bond donors (Lipinski definition) is 0. The summed E-state index contributed by atoms with van der Waals surface area (Å²) in [5.74, 6) is 0. The van der Waals surface area contributed by atoms with Crippen molar-refractivity contribution in [3.8, 4) is 0 Å². The molecule has 0 spiro atoms. The number of hydrogen-bond acceptors (Lipinski definition) is 4. The zero-order chi connectivity index (χ0) is 14.1. The minimum atomic E-state index is -3.52. The molecule has 1 aliphatic rings. The maximum atomic E-state index is 12.0. The summed E-state index contributed by atoms with van der Waals surface area (Å²) in [6.07, 6.45) is 8.94. The van der Waals surface area contributed by atoms with Crippen LogP contribution >= 0.6 is 19.4 Å². The molecular weight excluding hydrogens is 287 g/mol. The lowest BCUT2D eigenvalue weighted by Crippen LogP contribution is -1.97. The lowest BCUT2D eigenvalue weighted by molar-refractivity contribution is 0.153. The summed E-state index contributed by atoms with van der Waals surface area (Å²) in [6, 6.07) is 0. The van der Waals surface area contributed by atoms with Crippen LogP contribution in [0.25, 0.3) is 0 Å². The first-order valence-electron chi connectivity index (χ1n) is 6.72. The molecule has 0 amide bonds. The van der Waals surface area contributed by atoms with E-state index in [4.69, 9.17) is 25.2 Å². The second kappa shape index (κ2) is 8.80. The Morgan fingerprint density at radius 3 is 2.32 bits per heavy atom. The van der Waals surface area contributed by atoms with Gasteiger partial charge in [-0.25, -0.2) is 4.57 Å². The minimum Gasteiger partial charge on any atom is -0.410 e. The Balaban J connectivity index is 2.59. The van der Waals surface area contributed by atoms with Gasteiger partial charge < -0.3 is 4.52 Å². The molecule has 19 heavy (non-hydrogen) atoms. The third-order valence-electron chi connectivity index (χ3n) is 2.71. The molecule has 1 aliphatic carbocycles. The Morgan fingerprint density at radius 2 is 1.79 bits per heavy atom. The number of phosphoric ester groups is 1. The van der Waals surface area contributed by atoms with Crippen LogP contribution in [0.5, 0.6) is 0 Å². The summed E-state index contributed by atoms with van der Waals surface area (Å²) in [4.78, 5) is 0. The maximum Gasteiger partial charge on any atom is 0.529 e. The molecular formula is C13H22ClO4P. The van der Waals surface area contributed by atoms with E-state index in [0.717, 1.165) is 12.8 Å². The van der Waals surface area contributed by atoms with E-state index < -0.39 is 7.82 Å². The highest BCUT2D eigenvalue weighted by Gasteiger charge is 2.25. The lowest BCUT2D eigenvalue weighted by atomic mass is 9.95. The molecule has 0 heterocycles. The van der Waals surface area contributed by atoms with Crippen LogP contribution in [0, 0.1) is 0 Å². The third-order valence-corrected chi connectivity index (χ3v) is 4.42. The van der Waals surface area contributed by atoms with Crippen molar-refractivity contribution >= 4 is 19.4 Å². The van der Waals surface area contributed by atoms with E-state index in [1.54, 1.807) is 13.8 Å². The van der Waals surface area contributed by atoms with E-state index in [2.05, 4.69) is 0 Å². The van der Waals surface area contributed by atoms with Crippen LogP contribution in [0.2, 0.25) is 0 Å². The highest BCUT2D eigenvalue weighted by molar-refractivity contribution is 7.48. The van der Waals surface area contributed by atoms with E-state index in [9.17, 15) is 4.57 Å². The predicted octanol–water partition coefficient (Wildman–Crippen LogP) is 5.15. The van der Waals surface area contributed by atoms with Crippen LogP contribution < -0.4 is 0 Å². The van der Waals surface area contributed by atoms with Gasteiger partial charge in [0.2, 0.25) is 0 Å². The largest absolute Gasteiger partial charge is 0.529 e. The summed E-state index contributed by atoms with van der Waals surface area (Å²) < 4.78 is 27.1. The second-order valence-corrected chi connectivity index (χ2v) is 6.31. The van der Waals surface area contributed by atoms with Gasteiger partial charge in [0.25, 0.3) is 0 Å². The Bertz CT molecular complexity index is 361. The van der Waals surface area contributed by atoms with Crippen LogP contribution in [0.4, 0.5) is 0 Å². The van der Waals surface area contributed by atoms with Crippen molar-refractivity contribution in [1.29, 1.82) is 0 Å². The van der Waals surface area contributed by atoms with Crippen LogP contribution in [0.3, 0.4) is 0 Å². The molecule has 1 rings (SSSR count). The lowest BCUT2D eigenvalue weighted by Gasteiger charge is -2.15. The fraction of sp³-hybridized carbons (Fsp3) is 0.692. The van der Waals surface area contributed by atoms with E-state index in [0.29, 0.717) is 5.03 Å². The van der Waals surface area contributed by atoms with Crippen LogP contribution in [0.1, 0.15) is 46.0 Å². The summed E-state index contributed by atoms with van der Waals surface area (Å²) in [7, 11) is -3.52. The van der Waals surface area contributed by atoms with Crippen molar-refractivity contribution in [3.63, 3.8) is 0 Å². The molecule has 0 N–H and O–H groups in total. The number of halogens is 1. The first-order valence-corrected chi connectivity index (χ1v) is 8.56. The maximum absolute atomic E-state index is 12.0. The van der Waals surface area contributed by atoms with Gasteiger partial charge in [-0.1, -0.05) is 23.6 Å². The number of phosphoric acid groups is 1. The van der Waals surface area contributed by atoms with Crippen molar-refractivity contribution in [1.82, 2.24) is 0 Å². The first-order chi connectivity index (χ1) is 9.09. The van der Waals surface area contributed by atoms with Gasteiger partial charge in [-0.05, 0) is 45.6 Å². The second-order valence-electron chi connectivity index (χ2n) is 4.25. The molecule has 0 atom stereocenters. The van der Waals surface area contributed by atoms with Crippen molar-refractivity contribution in [2.24, 2.45) is 0 Å². The molecule has 0 aromatic carbocycles. The van der Waals surface area contributed by atoms with Crippen molar-refractivity contribution in [2.75, 3.05) is 13.2 Å². The van der Waals surface area contributed by atoms with Crippen molar-refractivity contribution < 1.29 is 18.1 Å². The Hall–Kier alpha value is -0.280. The molecule has 110 valence electrons. The topological polar surface area (TPSA) is 44.8 Å². The van der Waals surface area contributed by atoms with Crippen LogP contribution in [-0.4, -0.2) is 13.2 Å². The molecule has 0 bridgehead atoms. The molecule has 0 saturated heterocycles. The highest BCUT2D eigenvalue weighted by atomic mass is 35.5. The van der Waals surface area contributed by atoms with Gasteiger partial charge in [-0.2, -0.15) is 0 Å². The summed E-state index contributed by atoms with van der Waals surface area (Å²) >= 11 is 6.05. The zero-order valence-corrected chi connectivity index (χ0v) is 13.2. The van der Waals surface area contributed by atoms with E-state index in [1.165, 1.54) is 31.1 Å². The van der Waals surface area contributed by atoms with E-state index >= 15 is 0 Å². The number of rotatable bonds is 7. The van der Waals surface area contributed by atoms with Gasteiger partial charge in [0.1, 0.15) is 6.26 Å². The van der Waals surface area contributed by atoms with Crippen molar-refractivity contribution in [2.45, 2.75) is 46.0 Å². The molecule has 0 radical (unpaired) electrons. The van der Waals surface area contributed by atoms with Gasteiger partial charge in [0.05, 0.1) is 18.2 Å². The van der Waals surface area contributed by atoms with Gasteiger partial charge in [-0.15, -0.1) is 0 Å². The Kier molecular flexibility index (Phi) is 7.77. The SMILES string of the molecule is CCOP(=O)(O/C=C(\Cl)C=C1CCCCC1)OCC. The van der Waals surface area contributed by atoms with E-state index in [-0.39, 0.29) is 13.2 Å². The van der Waals surface area contributed by atoms with Gasteiger partial charge in [-0.3, -0.25) is 9.05 Å². The van der Waals surface area contributed by atoms with Crippen LogP contribution in [0.15, 0.2) is 22.9 Å². The van der Waals surface area contributed by atoms with Crippen LogP contribution in [-0.2, 0) is 18.1 Å². The van der Waals surface area contributed by atoms with Crippen molar-refractivity contribution in [3.05, 3.63) is 22.9 Å². The molecule has 0 aromatic heterocycles. The fourth-order valence-corrected chi connectivity index (χ4v) is 3.24. The quantitative estimate of drug-likeness (QED) is 0.481. The standard InChI is InChI=1S/C13H22ClO4P/c1-3-16-19(15,17-4-2)18-11-13(14)10-12-8-6-5-7-9-12/h10-11H,3-9H2,1-2H3/b13-11-. The molecule has 1 fully saturated rings. The fourth-order valence-electron chi connectivity index (χ4n) is 1.91. The average molecular weight is 309 g/mol. The minimum absolute atomic E-state index is 0.254. The summed E-state index contributed by atoms with van der Waals surface area (Å²) in [6.45, 7) is 3.96. The smallest absolute Gasteiger partial charge is 0.410 e. The Labute approximate surface area is 120 Å². The normalized spacial score (nSPS) is 17.4. The Morgan fingerprint density at radius 1 is 1.21 bits per heavy atom. The molecule has 1 saturated carbocycles. The highest BCUT2D eigenvalue weighted by Crippen LogP contribution is 2.49. The predicted molar refractivity (Wildman–Crippen MR) is 77.0 cm³/mol. The van der Waals surface area contributed by atoms with Gasteiger partial charge in [0.15, 0.2) is 0 Å². The van der Waals surface area contributed by atoms with Gasteiger partial charge >= 0.3 is 7.82 Å². The van der Waals surface area contributed by atoms with E-state index in [1.807, 2.05) is 6.08 Å². The first kappa shape index (κ1) is 16.8. The summed E-state index contributed by atoms with van der Waals surface area (Å²) in [5, 5.41) is 0.413. The zero-order valence-electron chi connectivity index (χ0n) is 11.6. The average Bonchev–Trinajstić information content (AvgIpc) is 2.38. The third kappa shape index (κ3) is 6.62. The molecule has 6 heteroatoms. The molecule has 0 unspecified atom stereocenters. The monoisotopic (exact) mass is 308 g/mol. The number of allylic oxidation sites excluding steroid dienone is 3.